The second-order valence-corrected chi connectivity index (χ2v) is 9.66. The maximum absolute atomic E-state index is 13.3. The number of aromatic amines is 1. The standard InChI is InChI=1S/C26H26FN5O2S/c1-17-3-7-21(8-4-17)32-25(34)24-22(15-18(2)28-24)29-26(32)35-16-23(33)31-13-11-30(12-14-31)20-9-5-19(27)6-10-20/h3-10,15,28H,11-14,16H2,1-2H3. The van der Waals surface area contributed by atoms with Crippen LogP contribution in [0.1, 0.15) is 11.3 Å². The summed E-state index contributed by atoms with van der Waals surface area (Å²) in [5.74, 6) is -0.0712. The second kappa shape index (κ2) is 9.58. The second-order valence-electron chi connectivity index (χ2n) is 8.72. The van der Waals surface area contributed by atoms with Crippen molar-refractivity contribution in [1.29, 1.82) is 0 Å². The molecule has 9 heteroatoms. The molecule has 180 valence electrons. The topological polar surface area (TPSA) is 74.2 Å². The molecule has 2 aromatic carbocycles. The van der Waals surface area contributed by atoms with Gasteiger partial charge in [0.2, 0.25) is 5.91 Å². The number of carbonyl (C=O) groups is 1. The normalized spacial score (nSPS) is 14.0. The molecule has 1 N–H and O–H groups in total. The van der Waals surface area contributed by atoms with E-state index in [9.17, 15) is 14.0 Å². The molecule has 0 spiro atoms. The summed E-state index contributed by atoms with van der Waals surface area (Å²) in [5.41, 5.74) is 4.48. The first-order valence-corrected chi connectivity index (χ1v) is 12.5. The van der Waals surface area contributed by atoms with Crippen LogP contribution in [0.15, 0.2) is 64.5 Å². The number of thioether (sulfide) groups is 1. The van der Waals surface area contributed by atoms with Crippen molar-refractivity contribution in [2.45, 2.75) is 19.0 Å². The number of nitrogens with zero attached hydrogens (tertiary/aromatic N) is 4. The molecule has 1 fully saturated rings. The fourth-order valence-corrected chi connectivity index (χ4v) is 5.19. The van der Waals surface area contributed by atoms with Crippen molar-refractivity contribution in [3.8, 4) is 5.69 Å². The molecule has 4 aromatic rings. The number of amides is 1. The minimum Gasteiger partial charge on any atom is -0.368 e. The van der Waals surface area contributed by atoms with Crippen molar-refractivity contribution in [3.63, 3.8) is 0 Å². The summed E-state index contributed by atoms with van der Waals surface area (Å²) in [6.07, 6.45) is 0. The summed E-state index contributed by atoms with van der Waals surface area (Å²) in [7, 11) is 0. The van der Waals surface area contributed by atoms with Crippen LogP contribution in [-0.2, 0) is 4.79 Å². The Labute approximate surface area is 206 Å². The lowest BCUT2D eigenvalue weighted by Crippen LogP contribution is -2.49. The Kier molecular flexibility index (Phi) is 6.34. The molecule has 1 amide bonds. The van der Waals surface area contributed by atoms with Crippen LogP contribution in [0.3, 0.4) is 0 Å². The van der Waals surface area contributed by atoms with Gasteiger partial charge in [-0.25, -0.2) is 9.37 Å². The molecule has 7 nitrogen and oxygen atoms in total. The maximum Gasteiger partial charge on any atom is 0.283 e. The number of rotatable bonds is 5. The summed E-state index contributed by atoms with van der Waals surface area (Å²) in [5, 5.41) is 0.489. The Bertz CT molecular complexity index is 1420. The third-order valence-corrected chi connectivity index (χ3v) is 7.12. The number of fused-ring (bicyclic) bond motifs is 1. The van der Waals surface area contributed by atoms with Crippen molar-refractivity contribution >= 4 is 34.4 Å². The first-order valence-electron chi connectivity index (χ1n) is 11.5. The zero-order valence-corrected chi connectivity index (χ0v) is 20.4. The van der Waals surface area contributed by atoms with Crippen LogP contribution in [0.4, 0.5) is 10.1 Å². The van der Waals surface area contributed by atoms with E-state index in [1.807, 2.05) is 49.1 Å². The first kappa shape index (κ1) is 23.2. The highest BCUT2D eigenvalue weighted by Gasteiger charge is 2.23. The number of carbonyl (C=O) groups excluding carboxylic acids is 1. The summed E-state index contributed by atoms with van der Waals surface area (Å²) in [6.45, 7) is 6.42. The van der Waals surface area contributed by atoms with Gasteiger partial charge in [-0.3, -0.25) is 14.2 Å². The van der Waals surface area contributed by atoms with Crippen molar-refractivity contribution in [2.75, 3.05) is 36.8 Å². The first-order chi connectivity index (χ1) is 16.9. The lowest BCUT2D eigenvalue weighted by molar-refractivity contribution is -0.128. The van der Waals surface area contributed by atoms with Gasteiger partial charge in [0.05, 0.1) is 17.0 Å². The Hall–Kier alpha value is -3.59. The van der Waals surface area contributed by atoms with Gasteiger partial charge in [-0.1, -0.05) is 29.5 Å². The SMILES string of the molecule is Cc1ccc(-n2c(SCC(=O)N3CCN(c4ccc(F)cc4)CC3)nc3cc(C)[nH]c3c2=O)cc1. The zero-order valence-electron chi connectivity index (χ0n) is 19.6. The van der Waals surface area contributed by atoms with Crippen LogP contribution in [0.5, 0.6) is 0 Å². The number of hydrogen-bond acceptors (Lipinski definition) is 5. The quantitative estimate of drug-likeness (QED) is 0.339. The number of H-pyrrole nitrogens is 1. The van der Waals surface area contributed by atoms with Gasteiger partial charge >= 0.3 is 0 Å². The van der Waals surface area contributed by atoms with E-state index >= 15 is 0 Å². The van der Waals surface area contributed by atoms with E-state index in [2.05, 4.69) is 9.88 Å². The van der Waals surface area contributed by atoms with Crippen molar-refractivity contribution in [3.05, 3.63) is 82.0 Å². The highest BCUT2D eigenvalue weighted by molar-refractivity contribution is 7.99. The van der Waals surface area contributed by atoms with Crippen LogP contribution in [0.25, 0.3) is 16.7 Å². The lowest BCUT2D eigenvalue weighted by atomic mass is 10.2. The predicted molar refractivity (Wildman–Crippen MR) is 137 cm³/mol. The van der Waals surface area contributed by atoms with Crippen molar-refractivity contribution in [1.82, 2.24) is 19.4 Å². The molecule has 0 saturated carbocycles. The summed E-state index contributed by atoms with van der Waals surface area (Å²) >= 11 is 1.28. The molecule has 1 aliphatic heterocycles. The molecular weight excluding hydrogens is 465 g/mol. The predicted octanol–water partition coefficient (Wildman–Crippen LogP) is 3.91. The molecular formula is C26H26FN5O2S. The number of benzene rings is 2. The van der Waals surface area contributed by atoms with Crippen molar-refractivity contribution in [2.24, 2.45) is 0 Å². The van der Waals surface area contributed by atoms with Gasteiger partial charge < -0.3 is 14.8 Å². The molecule has 0 aliphatic carbocycles. The molecule has 2 aromatic heterocycles. The van der Waals surface area contributed by atoms with Gasteiger partial charge in [0.15, 0.2) is 5.16 Å². The third-order valence-electron chi connectivity index (χ3n) is 6.20. The minimum absolute atomic E-state index is 0.00353. The maximum atomic E-state index is 13.3. The third kappa shape index (κ3) is 4.81. The van der Waals surface area contributed by atoms with Crippen molar-refractivity contribution < 1.29 is 9.18 Å². The largest absolute Gasteiger partial charge is 0.368 e. The molecule has 0 atom stereocenters. The van der Waals surface area contributed by atoms with E-state index in [-0.39, 0.29) is 23.0 Å². The van der Waals surface area contributed by atoms with Crippen LogP contribution in [-0.4, -0.2) is 57.3 Å². The van der Waals surface area contributed by atoms with Gasteiger partial charge in [-0.2, -0.15) is 0 Å². The molecule has 35 heavy (non-hydrogen) atoms. The number of piperazine rings is 1. The monoisotopic (exact) mass is 491 g/mol. The number of nitrogens with one attached hydrogen (secondary N) is 1. The average Bonchev–Trinajstić information content (AvgIpc) is 3.24. The van der Waals surface area contributed by atoms with Crippen LogP contribution in [0, 0.1) is 19.7 Å². The number of aromatic nitrogens is 3. The van der Waals surface area contributed by atoms with E-state index in [1.54, 1.807) is 16.7 Å². The summed E-state index contributed by atoms with van der Waals surface area (Å²) in [6, 6.07) is 15.9. The molecule has 1 saturated heterocycles. The number of halogens is 1. The summed E-state index contributed by atoms with van der Waals surface area (Å²) < 4.78 is 14.8. The molecule has 1 aliphatic rings. The molecule has 5 rings (SSSR count). The van der Waals surface area contributed by atoms with Gasteiger partial charge in [-0.15, -0.1) is 0 Å². The van der Waals surface area contributed by atoms with E-state index < -0.39 is 0 Å². The van der Waals surface area contributed by atoms with Gasteiger partial charge in [0, 0.05) is 37.6 Å². The van der Waals surface area contributed by atoms with Gasteiger partial charge in [0.1, 0.15) is 11.3 Å². The Morgan fingerprint density at radius 2 is 1.66 bits per heavy atom. The Balaban J connectivity index is 1.33. The number of aryl methyl sites for hydroxylation is 2. The molecule has 0 radical (unpaired) electrons. The zero-order chi connectivity index (χ0) is 24.5. The van der Waals surface area contributed by atoms with Crippen LogP contribution < -0.4 is 10.5 Å². The number of hydrogen-bond donors (Lipinski definition) is 1. The van der Waals surface area contributed by atoms with Gasteiger partial charge in [0.25, 0.3) is 5.56 Å². The molecule has 3 heterocycles. The molecule has 0 unspecified atom stereocenters. The van der Waals surface area contributed by atoms with E-state index in [1.165, 1.54) is 23.9 Å². The average molecular weight is 492 g/mol. The van der Waals surface area contributed by atoms with Crippen LogP contribution in [0.2, 0.25) is 0 Å². The highest BCUT2D eigenvalue weighted by Crippen LogP contribution is 2.23. The Morgan fingerprint density at radius 1 is 1.00 bits per heavy atom. The number of anilines is 1. The minimum atomic E-state index is -0.259. The van der Waals surface area contributed by atoms with Gasteiger partial charge in [-0.05, 0) is 56.3 Å². The lowest BCUT2D eigenvalue weighted by Gasteiger charge is -2.36. The fourth-order valence-electron chi connectivity index (χ4n) is 4.28. The van der Waals surface area contributed by atoms with E-state index in [0.717, 1.165) is 16.9 Å². The van der Waals surface area contributed by atoms with E-state index in [4.69, 9.17) is 4.98 Å². The smallest absolute Gasteiger partial charge is 0.283 e. The van der Waals surface area contributed by atoms with Crippen LogP contribution >= 0.6 is 11.8 Å². The molecule has 0 bridgehead atoms. The summed E-state index contributed by atoms with van der Waals surface area (Å²) in [4.78, 5) is 38.2. The fraction of sp³-hybridized carbons (Fsp3) is 0.269. The highest BCUT2D eigenvalue weighted by atomic mass is 32.2. The Morgan fingerprint density at radius 3 is 2.34 bits per heavy atom. The van der Waals surface area contributed by atoms with E-state index in [0.29, 0.717) is 48.1 Å².